The minimum atomic E-state index is -1.01. The fourth-order valence-electron chi connectivity index (χ4n) is 2.62. The number of aromatic carboxylic acids is 1. The molecule has 1 saturated heterocycles. The van der Waals surface area contributed by atoms with Crippen LogP contribution in [0.5, 0.6) is 0 Å². The van der Waals surface area contributed by atoms with Crippen molar-refractivity contribution in [3.8, 4) is 0 Å². The first-order valence-corrected chi connectivity index (χ1v) is 6.75. The highest BCUT2D eigenvalue weighted by molar-refractivity contribution is 5.99. The molecule has 6 nitrogen and oxygen atoms in total. The van der Waals surface area contributed by atoms with E-state index in [1.54, 1.807) is 18.7 Å². The number of carboxylic acid groups (broad SMARTS) is 1. The number of carboxylic acids is 1. The number of hydrogen-bond donors (Lipinski definition) is 2. The van der Waals surface area contributed by atoms with Crippen LogP contribution in [0.1, 0.15) is 45.4 Å². The maximum Gasteiger partial charge on any atom is 0.337 e. The molecular formula is C14H20N2O4. The van der Waals surface area contributed by atoms with Crippen LogP contribution in [0.3, 0.4) is 0 Å². The first-order chi connectivity index (χ1) is 9.41. The molecule has 2 N–H and O–H groups in total. The fourth-order valence-corrected chi connectivity index (χ4v) is 2.62. The Morgan fingerprint density at radius 3 is 2.70 bits per heavy atom. The van der Waals surface area contributed by atoms with Crippen molar-refractivity contribution in [2.75, 3.05) is 19.7 Å². The zero-order valence-corrected chi connectivity index (χ0v) is 12.0. The van der Waals surface area contributed by atoms with Gasteiger partial charge in [0.05, 0.1) is 11.7 Å². The predicted molar refractivity (Wildman–Crippen MR) is 73.2 cm³/mol. The van der Waals surface area contributed by atoms with Gasteiger partial charge in [0.15, 0.2) is 0 Å². The van der Waals surface area contributed by atoms with Crippen LogP contribution in [-0.4, -0.2) is 52.7 Å². The summed E-state index contributed by atoms with van der Waals surface area (Å²) in [7, 11) is 0. The Hall–Kier alpha value is -1.82. The number of hydrogen-bond acceptors (Lipinski definition) is 3. The quantitative estimate of drug-likeness (QED) is 0.861. The average Bonchev–Trinajstić information content (AvgIpc) is 2.55. The van der Waals surface area contributed by atoms with E-state index < -0.39 is 5.97 Å². The van der Waals surface area contributed by atoms with Crippen molar-refractivity contribution in [1.29, 1.82) is 0 Å². The Labute approximate surface area is 117 Å². The second kappa shape index (κ2) is 5.66. The molecule has 110 valence electrons. The number of ether oxygens (including phenoxy) is 1. The molecule has 0 saturated carbocycles. The summed E-state index contributed by atoms with van der Waals surface area (Å²) in [6.45, 7) is 7.07. The summed E-state index contributed by atoms with van der Waals surface area (Å²) >= 11 is 0. The van der Waals surface area contributed by atoms with Gasteiger partial charge in [-0.3, -0.25) is 4.79 Å². The summed E-state index contributed by atoms with van der Waals surface area (Å²) < 4.78 is 5.52. The lowest BCUT2D eigenvalue weighted by Gasteiger charge is -2.21. The molecule has 1 aromatic rings. The molecule has 0 aromatic carbocycles. The van der Waals surface area contributed by atoms with Crippen molar-refractivity contribution in [1.82, 2.24) is 9.88 Å². The Bertz CT molecular complexity index is 536. The molecule has 1 aromatic heterocycles. The van der Waals surface area contributed by atoms with Gasteiger partial charge in [0.1, 0.15) is 5.69 Å². The van der Waals surface area contributed by atoms with Crippen LogP contribution >= 0.6 is 0 Å². The Morgan fingerprint density at radius 2 is 2.10 bits per heavy atom. The first kappa shape index (κ1) is 14.6. The number of carbonyl (C=O) groups excluding carboxylic acids is 1. The van der Waals surface area contributed by atoms with Crippen molar-refractivity contribution in [3.05, 3.63) is 22.5 Å². The minimum Gasteiger partial charge on any atom is -0.478 e. The number of nitrogens with one attached hydrogen (secondary N) is 1. The molecule has 2 rings (SSSR count). The van der Waals surface area contributed by atoms with E-state index in [9.17, 15) is 14.7 Å². The summed E-state index contributed by atoms with van der Waals surface area (Å²) in [5.41, 5.74) is 1.57. The molecule has 0 bridgehead atoms. The number of aromatic nitrogens is 1. The van der Waals surface area contributed by atoms with Gasteiger partial charge in [0.2, 0.25) is 0 Å². The van der Waals surface area contributed by atoms with Crippen molar-refractivity contribution in [2.45, 2.75) is 33.3 Å². The van der Waals surface area contributed by atoms with Gasteiger partial charge >= 0.3 is 5.97 Å². The summed E-state index contributed by atoms with van der Waals surface area (Å²) in [5, 5.41) is 9.17. The lowest BCUT2D eigenvalue weighted by atomic mass is 10.1. The fraction of sp³-hybridized carbons (Fsp3) is 0.571. The van der Waals surface area contributed by atoms with E-state index in [1.807, 2.05) is 6.92 Å². The van der Waals surface area contributed by atoms with Crippen LogP contribution < -0.4 is 0 Å². The molecule has 0 aliphatic carbocycles. The molecule has 1 amide bonds. The number of nitrogens with zero attached hydrogens (tertiary/aromatic N) is 1. The van der Waals surface area contributed by atoms with Gasteiger partial charge in [0, 0.05) is 25.4 Å². The second-order valence-electron chi connectivity index (χ2n) is 5.22. The van der Waals surface area contributed by atoms with Crippen LogP contribution in [0.25, 0.3) is 0 Å². The van der Waals surface area contributed by atoms with Crippen molar-refractivity contribution in [3.63, 3.8) is 0 Å². The molecule has 2 heterocycles. The third-order valence-electron chi connectivity index (χ3n) is 3.60. The minimum absolute atomic E-state index is 0.00300. The lowest BCUT2D eigenvalue weighted by Crippen LogP contribution is -2.36. The molecule has 1 atom stereocenters. The Morgan fingerprint density at radius 1 is 1.40 bits per heavy atom. The van der Waals surface area contributed by atoms with Crippen LogP contribution in [-0.2, 0) is 4.74 Å². The molecule has 0 unspecified atom stereocenters. The summed E-state index contributed by atoms with van der Waals surface area (Å²) in [4.78, 5) is 28.4. The number of amides is 1. The van der Waals surface area contributed by atoms with Crippen LogP contribution in [0.4, 0.5) is 0 Å². The van der Waals surface area contributed by atoms with Crippen LogP contribution in [0.15, 0.2) is 0 Å². The number of aryl methyl sites for hydroxylation is 1. The highest BCUT2D eigenvalue weighted by Crippen LogP contribution is 2.20. The number of aromatic amines is 1. The molecule has 20 heavy (non-hydrogen) atoms. The number of rotatable bonds is 2. The maximum atomic E-state index is 12.6. The molecule has 1 fully saturated rings. The van der Waals surface area contributed by atoms with E-state index in [0.717, 1.165) is 6.42 Å². The van der Waals surface area contributed by atoms with E-state index in [0.29, 0.717) is 36.6 Å². The van der Waals surface area contributed by atoms with Gasteiger partial charge < -0.3 is 19.7 Å². The molecule has 1 aliphatic heterocycles. The zero-order chi connectivity index (χ0) is 14.9. The van der Waals surface area contributed by atoms with E-state index >= 15 is 0 Å². The Kier molecular flexibility index (Phi) is 4.13. The molecule has 6 heteroatoms. The predicted octanol–water partition coefficient (Wildman–Crippen LogP) is 1.58. The smallest absolute Gasteiger partial charge is 0.337 e. The van der Waals surface area contributed by atoms with E-state index in [-0.39, 0.29) is 17.6 Å². The van der Waals surface area contributed by atoms with Crippen LogP contribution in [0.2, 0.25) is 0 Å². The first-order valence-electron chi connectivity index (χ1n) is 6.75. The summed E-state index contributed by atoms with van der Waals surface area (Å²) in [6, 6.07) is 0. The molecular weight excluding hydrogens is 260 g/mol. The highest BCUT2D eigenvalue weighted by atomic mass is 16.5. The molecule has 0 spiro atoms. The molecule has 0 radical (unpaired) electrons. The van der Waals surface area contributed by atoms with Crippen molar-refractivity contribution in [2.24, 2.45) is 0 Å². The van der Waals surface area contributed by atoms with Crippen molar-refractivity contribution >= 4 is 11.9 Å². The van der Waals surface area contributed by atoms with Gasteiger partial charge in [-0.1, -0.05) is 0 Å². The van der Waals surface area contributed by atoms with E-state index in [2.05, 4.69) is 4.98 Å². The van der Waals surface area contributed by atoms with Crippen LogP contribution in [0, 0.1) is 13.8 Å². The second-order valence-corrected chi connectivity index (χ2v) is 5.22. The van der Waals surface area contributed by atoms with E-state index in [4.69, 9.17) is 4.74 Å². The van der Waals surface area contributed by atoms with Gasteiger partial charge in [-0.2, -0.15) is 0 Å². The van der Waals surface area contributed by atoms with E-state index in [1.165, 1.54) is 0 Å². The topological polar surface area (TPSA) is 82.6 Å². The standard InChI is InChI=1S/C14H20N2O4/c1-8-7-16(5-4-6-20-8)13(17)12-9(2)11(14(18)19)10(3)15-12/h8,15H,4-7H2,1-3H3,(H,18,19)/t8-/m1/s1. The maximum absolute atomic E-state index is 12.6. The number of H-pyrrole nitrogens is 1. The summed E-state index contributed by atoms with van der Waals surface area (Å²) in [5.74, 6) is -1.17. The third kappa shape index (κ3) is 2.70. The monoisotopic (exact) mass is 280 g/mol. The zero-order valence-electron chi connectivity index (χ0n) is 12.0. The third-order valence-corrected chi connectivity index (χ3v) is 3.60. The lowest BCUT2D eigenvalue weighted by molar-refractivity contribution is 0.0559. The highest BCUT2D eigenvalue weighted by Gasteiger charge is 2.26. The molecule has 1 aliphatic rings. The van der Waals surface area contributed by atoms with Gasteiger partial charge in [-0.15, -0.1) is 0 Å². The Balaban J connectivity index is 2.29. The van der Waals surface area contributed by atoms with Gasteiger partial charge in [-0.25, -0.2) is 4.79 Å². The van der Waals surface area contributed by atoms with Gasteiger partial charge in [0.25, 0.3) is 5.91 Å². The van der Waals surface area contributed by atoms with Crippen molar-refractivity contribution < 1.29 is 19.4 Å². The SMILES string of the molecule is Cc1[nH]c(C(=O)N2CCCO[C@H](C)C2)c(C)c1C(=O)O. The largest absolute Gasteiger partial charge is 0.478 e. The normalized spacial score (nSPS) is 19.8. The average molecular weight is 280 g/mol. The number of carbonyl (C=O) groups is 2. The summed E-state index contributed by atoms with van der Waals surface area (Å²) in [6.07, 6.45) is 0.789. The van der Waals surface area contributed by atoms with Gasteiger partial charge in [-0.05, 0) is 32.8 Å².